The van der Waals surface area contributed by atoms with Crippen LogP contribution in [0, 0.1) is 0 Å². The molecular formula is C16H14ClF3N2OS. The predicted molar refractivity (Wildman–Crippen MR) is 93.9 cm³/mol. The van der Waals surface area contributed by atoms with Gasteiger partial charge in [-0.25, -0.2) is 0 Å². The molecule has 0 atom stereocenters. The van der Waals surface area contributed by atoms with E-state index in [4.69, 9.17) is 28.6 Å². The maximum Gasteiger partial charge on any atom is 0.417 e. The van der Waals surface area contributed by atoms with Crippen LogP contribution in [0.1, 0.15) is 12.5 Å². The Kier molecular flexibility index (Phi) is 5.90. The molecule has 0 spiro atoms. The number of benzene rings is 2. The number of thiocarbonyl (C=S) groups is 1. The van der Waals surface area contributed by atoms with Crippen molar-refractivity contribution in [2.45, 2.75) is 13.1 Å². The number of hydrogen-bond acceptors (Lipinski definition) is 2. The number of anilines is 2. The van der Waals surface area contributed by atoms with Crippen LogP contribution < -0.4 is 15.4 Å². The standard InChI is InChI=1S/C16H14ClF3N2OS/c1-2-23-12-6-3-10(4-7-12)21-15(24)22-11-5-8-14(17)13(9-11)16(18,19)20/h3-9H,2H2,1H3,(H2,21,22,24). The van der Waals surface area contributed by atoms with Crippen molar-refractivity contribution in [3.8, 4) is 5.75 Å². The van der Waals surface area contributed by atoms with Gasteiger partial charge in [0.05, 0.1) is 17.2 Å². The summed E-state index contributed by atoms with van der Waals surface area (Å²) in [4.78, 5) is 0. The fourth-order valence-electron chi connectivity index (χ4n) is 1.91. The molecule has 0 amide bonds. The Hall–Kier alpha value is -1.99. The SMILES string of the molecule is CCOc1ccc(NC(=S)Nc2ccc(Cl)c(C(F)(F)F)c2)cc1. The molecule has 8 heteroatoms. The van der Waals surface area contributed by atoms with E-state index in [2.05, 4.69) is 10.6 Å². The lowest BCUT2D eigenvalue weighted by Gasteiger charge is -2.14. The van der Waals surface area contributed by atoms with Gasteiger partial charge in [-0.05, 0) is 61.6 Å². The minimum absolute atomic E-state index is 0.162. The summed E-state index contributed by atoms with van der Waals surface area (Å²) in [6, 6.07) is 10.5. The van der Waals surface area contributed by atoms with E-state index in [-0.39, 0.29) is 15.8 Å². The van der Waals surface area contributed by atoms with Gasteiger partial charge in [0, 0.05) is 11.4 Å². The second-order valence-electron chi connectivity index (χ2n) is 4.73. The average molecular weight is 375 g/mol. The Morgan fingerprint density at radius 2 is 1.67 bits per heavy atom. The van der Waals surface area contributed by atoms with Crippen LogP contribution in [0.15, 0.2) is 42.5 Å². The zero-order valence-corrected chi connectivity index (χ0v) is 14.1. The van der Waals surface area contributed by atoms with Crippen molar-refractivity contribution in [1.82, 2.24) is 0 Å². The monoisotopic (exact) mass is 374 g/mol. The van der Waals surface area contributed by atoms with Crippen LogP contribution >= 0.6 is 23.8 Å². The zero-order valence-electron chi connectivity index (χ0n) is 12.6. The van der Waals surface area contributed by atoms with Gasteiger partial charge in [0.2, 0.25) is 0 Å². The lowest BCUT2D eigenvalue weighted by molar-refractivity contribution is -0.137. The minimum Gasteiger partial charge on any atom is -0.494 e. The second-order valence-corrected chi connectivity index (χ2v) is 5.54. The molecule has 0 aromatic heterocycles. The van der Waals surface area contributed by atoms with Gasteiger partial charge in [-0.2, -0.15) is 13.2 Å². The summed E-state index contributed by atoms with van der Waals surface area (Å²) in [7, 11) is 0. The van der Waals surface area contributed by atoms with Crippen molar-refractivity contribution >= 4 is 40.3 Å². The van der Waals surface area contributed by atoms with Gasteiger partial charge in [0.15, 0.2) is 5.11 Å². The maximum absolute atomic E-state index is 12.8. The average Bonchev–Trinajstić information content (AvgIpc) is 2.50. The van der Waals surface area contributed by atoms with Gasteiger partial charge in [-0.15, -0.1) is 0 Å². The van der Waals surface area contributed by atoms with Crippen LogP contribution in [-0.2, 0) is 6.18 Å². The normalized spacial score (nSPS) is 11.0. The molecule has 2 aromatic rings. The molecule has 0 radical (unpaired) electrons. The summed E-state index contributed by atoms with van der Waals surface area (Å²) in [5.74, 6) is 0.717. The summed E-state index contributed by atoms with van der Waals surface area (Å²) in [6.07, 6.45) is -4.53. The van der Waals surface area contributed by atoms with Crippen LogP contribution in [0.3, 0.4) is 0 Å². The second kappa shape index (κ2) is 7.72. The molecule has 24 heavy (non-hydrogen) atoms. The van der Waals surface area contributed by atoms with E-state index in [0.717, 1.165) is 11.8 Å². The highest BCUT2D eigenvalue weighted by atomic mass is 35.5. The van der Waals surface area contributed by atoms with E-state index in [1.165, 1.54) is 12.1 Å². The molecule has 0 saturated carbocycles. The van der Waals surface area contributed by atoms with Crippen LogP contribution in [0.4, 0.5) is 24.5 Å². The molecule has 0 aliphatic rings. The molecular weight excluding hydrogens is 361 g/mol. The Labute approximate surface area is 147 Å². The first-order valence-electron chi connectivity index (χ1n) is 6.97. The molecule has 0 bridgehead atoms. The topological polar surface area (TPSA) is 33.3 Å². The highest BCUT2D eigenvalue weighted by Gasteiger charge is 2.33. The number of ether oxygens (including phenoxy) is 1. The summed E-state index contributed by atoms with van der Waals surface area (Å²) in [5.41, 5.74) is -0.0471. The first kappa shape index (κ1) is 18.4. The van der Waals surface area contributed by atoms with Crippen molar-refractivity contribution in [2.24, 2.45) is 0 Å². The number of rotatable bonds is 4. The van der Waals surface area contributed by atoms with E-state index in [9.17, 15) is 13.2 Å². The van der Waals surface area contributed by atoms with Gasteiger partial charge < -0.3 is 15.4 Å². The quantitative estimate of drug-likeness (QED) is 0.686. The maximum atomic E-state index is 12.8. The van der Waals surface area contributed by atoms with Crippen molar-refractivity contribution in [2.75, 3.05) is 17.2 Å². The smallest absolute Gasteiger partial charge is 0.417 e. The third-order valence-electron chi connectivity index (χ3n) is 2.95. The lowest BCUT2D eigenvalue weighted by atomic mass is 10.2. The van der Waals surface area contributed by atoms with E-state index >= 15 is 0 Å². The minimum atomic E-state index is -4.53. The summed E-state index contributed by atoms with van der Waals surface area (Å²) in [6.45, 7) is 2.44. The summed E-state index contributed by atoms with van der Waals surface area (Å²) < 4.78 is 43.8. The van der Waals surface area contributed by atoms with Crippen LogP contribution in [0.25, 0.3) is 0 Å². The van der Waals surface area contributed by atoms with Gasteiger partial charge in [-0.1, -0.05) is 11.6 Å². The van der Waals surface area contributed by atoms with Crippen molar-refractivity contribution in [1.29, 1.82) is 0 Å². The fraction of sp³-hybridized carbons (Fsp3) is 0.188. The Morgan fingerprint density at radius 1 is 1.08 bits per heavy atom. The number of halogens is 4. The van der Waals surface area contributed by atoms with Crippen molar-refractivity contribution in [3.63, 3.8) is 0 Å². The van der Waals surface area contributed by atoms with Crippen molar-refractivity contribution < 1.29 is 17.9 Å². The van der Waals surface area contributed by atoms with Crippen molar-refractivity contribution in [3.05, 3.63) is 53.1 Å². The molecule has 0 aliphatic heterocycles. The third kappa shape index (κ3) is 5.01. The number of nitrogens with one attached hydrogen (secondary N) is 2. The van der Waals surface area contributed by atoms with Crippen LogP contribution in [0.5, 0.6) is 5.75 Å². The van der Waals surface area contributed by atoms with E-state index in [0.29, 0.717) is 12.3 Å². The van der Waals surface area contributed by atoms with Crippen LogP contribution in [-0.4, -0.2) is 11.7 Å². The first-order valence-corrected chi connectivity index (χ1v) is 7.76. The molecule has 3 nitrogen and oxygen atoms in total. The molecule has 0 saturated heterocycles. The Bertz CT molecular complexity index is 720. The Morgan fingerprint density at radius 3 is 2.25 bits per heavy atom. The van der Waals surface area contributed by atoms with E-state index < -0.39 is 11.7 Å². The van der Waals surface area contributed by atoms with Gasteiger partial charge in [-0.3, -0.25) is 0 Å². The van der Waals surface area contributed by atoms with E-state index in [1.54, 1.807) is 24.3 Å². The number of alkyl halides is 3. The highest BCUT2D eigenvalue weighted by molar-refractivity contribution is 7.80. The third-order valence-corrected chi connectivity index (χ3v) is 3.49. The highest BCUT2D eigenvalue weighted by Crippen LogP contribution is 2.36. The van der Waals surface area contributed by atoms with Gasteiger partial charge in [0.25, 0.3) is 0 Å². The lowest BCUT2D eigenvalue weighted by Crippen LogP contribution is -2.19. The van der Waals surface area contributed by atoms with Gasteiger partial charge >= 0.3 is 6.18 Å². The fourth-order valence-corrected chi connectivity index (χ4v) is 2.38. The number of hydrogen-bond donors (Lipinski definition) is 2. The predicted octanol–water partition coefficient (Wildman–Crippen LogP) is 5.57. The summed E-state index contributed by atoms with van der Waals surface area (Å²) >= 11 is 10.7. The largest absolute Gasteiger partial charge is 0.494 e. The molecule has 2 aromatic carbocycles. The van der Waals surface area contributed by atoms with E-state index in [1.807, 2.05) is 6.92 Å². The molecule has 0 heterocycles. The first-order chi connectivity index (χ1) is 11.3. The molecule has 2 N–H and O–H groups in total. The molecule has 0 unspecified atom stereocenters. The molecule has 128 valence electrons. The zero-order chi connectivity index (χ0) is 17.7. The van der Waals surface area contributed by atoms with Crippen LogP contribution in [0.2, 0.25) is 5.02 Å². The molecule has 0 aliphatic carbocycles. The molecule has 2 rings (SSSR count). The molecule has 0 fully saturated rings. The Balaban J connectivity index is 2.04. The summed E-state index contributed by atoms with van der Waals surface area (Å²) in [5, 5.41) is 5.38. The van der Waals surface area contributed by atoms with Gasteiger partial charge in [0.1, 0.15) is 5.75 Å².